The molecule has 4 rings (SSSR count). The smallest absolute Gasteiger partial charge is 0.227 e. The highest BCUT2D eigenvalue weighted by Gasteiger charge is 2.42. The number of methoxy groups -OCH3 is 2. The Labute approximate surface area is 182 Å². The van der Waals surface area contributed by atoms with E-state index in [1.165, 1.54) is 20.3 Å². The van der Waals surface area contributed by atoms with Crippen LogP contribution in [0.3, 0.4) is 0 Å². The van der Waals surface area contributed by atoms with Crippen LogP contribution in [0.1, 0.15) is 25.3 Å². The van der Waals surface area contributed by atoms with Crippen LogP contribution in [0.15, 0.2) is 64.4 Å². The number of benzene rings is 2. The van der Waals surface area contributed by atoms with Gasteiger partial charge in [-0.3, -0.25) is 4.79 Å². The second kappa shape index (κ2) is 8.11. The molecule has 0 aliphatic carbocycles. The second-order valence-electron chi connectivity index (χ2n) is 7.74. The summed E-state index contributed by atoms with van der Waals surface area (Å²) in [4.78, 5) is 14.6. The molecule has 8 heteroatoms. The zero-order valence-corrected chi connectivity index (χ0v) is 18.5. The highest BCUT2D eigenvalue weighted by atomic mass is 32.2. The first kappa shape index (κ1) is 21.5. The molecule has 164 valence electrons. The minimum atomic E-state index is -3.72. The molecule has 31 heavy (non-hydrogen) atoms. The van der Waals surface area contributed by atoms with Crippen molar-refractivity contribution in [2.75, 3.05) is 20.8 Å². The third-order valence-corrected chi connectivity index (χ3v) is 7.37. The van der Waals surface area contributed by atoms with Crippen molar-refractivity contribution < 1.29 is 27.4 Å². The van der Waals surface area contributed by atoms with Crippen molar-refractivity contribution in [3.05, 3.63) is 60.2 Å². The number of hydrogen-bond donors (Lipinski definition) is 0. The number of likely N-dealkylation sites (tertiary alicyclic amines) is 1. The molecule has 2 aromatic rings. The number of sulfone groups is 1. The van der Waals surface area contributed by atoms with Crippen molar-refractivity contribution in [2.24, 2.45) is 0 Å². The molecule has 1 unspecified atom stereocenters. The normalized spacial score (nSPS) is 21.1. The molecule has 7 nitrogen and oxygen atoms in total. The lowest BCUT2D eigenvalue weighted by Gasteiger charge is -2.39. The van der Waals surface area contributed by atoms with Crippen LogP contribution in [0.5, 0.6) is 5.75 Å². The van der Waals surface area contributed by atoms with Gasteiger partial charge in [-0.25, -0.2) is 8.42 Å². The minimum Gasteiger partial charge on any atom is -0.477 e. The molecule has 0 saturated carbocycles. The maximum absolute atomic E-state index is 13.2. The molecule has 2 aromatic carbocycles. The van der Waals surface area contributed by atoms with Crippen molar-refractivity contribution in [1.82, 2.24) is 4.90 Å². The van der Waals surface area contributed by atoms with E-state index in [4.69, 9.17) is 14.2 Å². The Morgan fingerprint density at radius 2 is 1.77 bits per heavy atom. The standard InChI is InChI=1S/C23H25NO6S/c1-23(22(28-2)29-3)15-19(24-13-7-10-21(24)25)18-14-17(11-12-20(18)30-23)31(26,27)16-8-5-4-6-9-16/h4-6,8-9,11-12,14-15,22H,7,10,13H2,1-3H3. The summed E-state index contributed by atoms with van der Waals surface area (Å²) >= 11 is 0. The van der Waals surface area contributed by atoms with E-state index in [2.05, 4.69) is 0 Å². The lowest BCUT2D eigenvalue weighted by Crippen LogP contribution is -2.48. The van der Waals surface area contributed by atoms with E-state index in [0.29, 0.717) is 30.0 Å². The Morgan fingerprint density at radius 3 is 2.39 bits per heavy atom. The molecule has 0 radical (unpaired) electrons. The summed E-state index contributed by atoms with van der Waals surface area (Å²) < 4.78 is 43.4. The van der Waals surface area contributed by atoms with E-state index >= 15 is 0 Å². The van der Waals surface area contributed by atoms with Gasteiger partial charge < -0.3 is 19.1 Å². The summed E-state index contributed by atoms with van der Waals surface area (Å²) in [5.41, 5.74) is 0.153. The van der Waals surface area contributed by atoms with Gasteiger partial charge in [0.1, 0.15) is 5.75 Å². The van der Waals surface area contributed by atoms with Crippen molar-refractivity contribution in [1.29, 1.82) is 0 Å². The first-order chi connectivity index (χ1) is 14.8. The second-order valence-corrected chi connectivity index (χ2v) is 9.69. The van der Waals surface area contributed by atoms with E-state index < -0.39 is 21.7 Å². The Balaban J connectivity index is 1.86. The third kappa shape index (κ3) is 3.75. The van der Waals surface area contributed by atoms with Gasteiger partial charge in [0.15, 0.2) is 5.60 Å². The number of amides is 1. The van der Waals surface area contributed by atoms with Gasteiger partial charge in [0, 0.05) is 32.7 Å². The van der Waals surface area contributed by atoms with Crippen LogP contribution in [0, 0.1) is 0 Å². The number of carbonyl (C=O) groups is 1. The number of hydrogen-bond acceptors (Lipinski definition) is 6. The summed E-state index contributed by atoms with van der Waals surface area (Å²) in [7, 11) is -0.691. The quantitative estimate of drug-likeness (QED) is 0.638. The molecule has 0 bridgehead atoms. The SMILES string of the molecule is COC(OC)C1(C)C=C(N2CCCC2=O)c2cc(S(=O)(=O)c3ccccc3)ccc2O1. The topological polar surface area (TPSA) is 82.1 Å². The van der Waals surface area contributed by atoms with Crippen molar-refractivity contribution in [3.63, 3.8) is 0 Å². The van der Waals surface area contributed by atoms with E-state index in [-0.39, 0.29) is 15.7 Å². The Morgan fingerprint density at radius 1 is 1.06 bits per heavy atom. The Hall–Kier alpha value is -2.68. The van der Waals surface area contributed by atoms with Gasteiger partial charge in [-0.05, 0) is 49.8 Å². The van der Waals surface area contributed by atoms with Crippen LogP contribution < -0.4 is 4.74 Å². The van der Waals surface area contributed by atoms with Crippen LogP contribution in [-0.4, -0.2) is 51.9 Å². The van der Waals surface area contributed by atoms with Gasteiger partial charge in [0.2, 0.25) is 22.0 Å². The highest BCUT2D eigenvalue weighted by Crippen LogP contribution is 2.42. The monoisotopic (exact) mass is 443 g/mol. The molecule has 1 saturated heterocycles. The molecule has 0 aromatic heterocycles. The van der Waals surface area contributed by atoms with E-state index in [0.717, 1.165) is 6.42 Å². The minimum absolute atomic E-state index is 0.0100. The fourth-order valence-corrected chi connectivity index (χ4v) is 5.43. The molecule has 0 N–H and O–H groups in total. The third-order valence-electron chi connectivity index (χ3n) is 5.60. The van der Waals surface area contributed by atoms with Crippen LogP contribution in [0.2, 0.25) is 0 Å². The van der Waals surface area contributed by atoms with Crippen LogP contribution >= 0.6 is 0 Å². The first-order valence-electron chi connectivity index (χ1n) is 10.0. The number of fused-ring (bicyclic) bond motifs is 1. The van der Waals surface area contributed by atoms with Gasteiger partial charge in [-0.15, -0.1) is 0 Å². The molecule has 1 amide bonds. The fraction of sp³-hybridized carbons (Fsp3) is 0.348. The number of carbonyl (C=O) groups excluding carboxylic acids is 1. The summed E-state index contributed by atoms with van der Waals surface area (Å²) in [5.74, 6) is 0.454. The summed E-state index contributed by atoms with van der Waals surface area (Å²) in [6.07, 6.45) is 2.25. The molecule has 1 fully saturated rings. The van der Waals surface area contributed by atoms with Crippen LogP contribution in [-0.2, 0) is 24.1 Å². The fourth-order valence-electron chi connectivity index (χ4n) is 4.12. The molecule has 2 heterocycles. The number of ether oxygens (including phenoxy) is 3. The van der Waals surface area contributed by atoms with Gasteiger partial charge in [0.25, 0.3) is 0 Å². The van der Waals surface area contributed by atoms with Crippen molar-refractivity contribution >= 4 is 21.4 Å². The Kier molecular flexibility index (Phi) is 5.63. The van der Waals surface area contributed by atoms with Gasteiger partial charge in [0.05, 0.1) is 15.5 Å². The summed E-state index contributed by atoms with van der Waals surface area (Å²) in [5, 5.41) is 0. The molecular weight excluding hydrogens is 418 g/mol. The van der Waals surface area contributed by atoms with Crippen molar-refractivity contribution in [3.8, 4) is 5.75 Å². The number of rotatable bonds is 6. The highest BCUT2D eigenvalue weighted by molar-refractivity contribution is 7.91. The lowest BCUT2D eigenvalue weighted by molar-refractivity contribution is -0.180. The maximum Gasteiger partial charge on any atom is 0.227 e. The lowest BCUT2D eigenvalue weighted by atomic mass is 9.96. The molecule has 1 atom stereocenters. The van der Waals surface area contributed by atoms with Gasteiger partial charge in [-0.1, -0.05) is 18.2 Å². The number of nitrogens with zero attached hydrogens (tertiary/aromatic N) is 1. The summed E-state index contributed by atoms with van der Waals surface area (Å²) in [6, 6.07) is 13.0. The van der Waals surface area contributed by atoms with Crippen LogP contribution in [0.25, 0.3) is 5.70 Å². The first-order valence-corrected chi connectivity index (χ1v) is 11.5. The van der Waals surface area contributed by atoms with Crippen LogP contribution in [0.4, 0.5) is 0 Å². The maximum atomic E-state index is 13.2. The molecule has 2 aliphatic heterocycles. The van der Waals surface area contributed by atoms with Gasteiger partial charge >= 0.3 is 0 Å². The van der Waals surface area contributed by atoms with E-state index in [1.807, 2.05) is 6.92 Å². The largest absolute Gasteiger partial charge is 0.477 e. The molecule has 2 aliphatic rings. The average molecular weight is 444 g/mol. The van der Waals surface area contributed by atoms with E-state index in [9.17, 15) is 13.2 Å². The molecule has 0 spiro atoms. The zero-order chi connectivity index (χ0) is 22.2. The van der Waals surface area contributed by atoms with Crippen molar-refractivity contribution in [2.45, 2.75) is 41.4 Å². The predicted molar refractivity (Wildman–Crippen MR) is 114 cm³/mol. The zero-order valence-electron chi connectivity index (χ0n) is 17.7. The molecular formula is C23H25NO6S. The summed E-state index contributed by atoms with van der Waals surface area (Å²) in [6.45, 7) is 2.36. The Bertz CT molecular complexity index is 1120. The average Bonchev–Trinajstić information content (AvgIpc) is 3.19. The predicted octanol–water partition coefficient (Wildman–Crippen LogP) is 3.25. The van der Waals surface area contributed by atoms with E-state index in [1.54, 1.807) is 53.4 Å². The van der Waals surface area contributed by atoms with Gasteiger partial charge in [-0.2, -0.15) is 0 Å².